The van der Waals surface area contributed by atoms with Gasteiger partial charge < -0.3 is 9.30 Å². The number of imidazole rings is 1. The maximum atomic E-state index is 12.4. The van der Waals surface area contributed by atoms with Gasteiger partial charge in [0.05, 0.1) is 5.69 Å². The van der Waals surface area contributed by atoms with Gasteiger partial charge in [-0.2, -0.15) is 5.21 Å². The Bertz CT molecular complexity index is 761. The molecule has 0 aliphatic rings. The summed E-state index contributed by atoms with van der Waals surface area (Å²) in [6, 6.07) is 5.63. The van der Waals surface area contributed by atoms with E-state index >= 15 is 0 Å². The number of aromatic amines is 1. The first-order valence-corrected chi connectivity index (χ1v) is 6.30. The van der Waals surface area contributed by atoms with Gasteiger partial charge in [-0.05, 0) is 31.4 Å². The molecule has 9 nitrogen and oxygen atoms in total. The third-order valence-corrected chi connectivity index (χ3v) is 2.88. The quantitative estimate of drug-likeness (QED) is 0.708. The third kappa shape index (κ3) is 2.58. The lowest BCUT2D eigenvalue weighted by atomic mass is 10.3. The van der Waals surface area contributed by atoms with Crippen molar-refractivity contribution in [3.63, 3.8) is 0 Å². The highest BCUT2D eigenvalue weighted by atomic mass is 16.2. The van der Waals surface area contributed by atoms with E-state index in [1.54, 1.807) is 0 Å². The number of tetrazole rings is 1. The summed E-state index contributed by atoms with van der Waals surface area (Å²) < 4.78 is 1.89. The van der Waals surface area contributed by atoms with Crippen LogP contribution in [-0.2, 0) is 6.54 Å². The second kappa shape index (κ2) is 5.29. The number of carbonyl (C=O) groups is 1. The Hall–Kier alpha value is -2.81. The largest absolute Gasteiger partial charge is 0.304 e. The molecule has 21 heavy (non-hydrogen) atoms. The molecule has 0 spiro atoms. The number of amides is 1. The number of aromatic nitrogens is 6. The van der Waals surface area contributed by atoms with Crippen molar-refractivity contribution in [1.82, 2.24) is 34.9 Å². The van der Waals surface area contributed by atoms with Gasteiger partial charge in [0.25, 0.3) is 11.9 Å². The van der Waals surface area contributed by atoms with Gasteiger partial charge >= 0.3 is 0 Å². The summed E-state index contributed by atoms with van der Waals surface area (Å²) >= 11 is 0. The van der Waals surface area contributed by atoms with Crippen LogP contribution >= 0.6 is 0 Å². The molecule has 0 radical (unpaired) electrons. The standard InChI is InChI=1S/C12H14N8O/c1-19(2)7-8-10(11(21)14-12-15-17-18-16-12)13-9-5-3-4-6-20(8)9/h3-6H,7H2,1-2H3,(H2,14,15,16,17,18,21). The molecule has 9 heteroatoms. The molecule has 3 rings (SSSR count). The van der Waals surface area contributed by atoms with Crippen molar-refractivity contribution in [3.8, 4) is 0 Å². The summed E-state index contributed by atoms with van der Waals surface area (Å²) in [5.41, 5.74) is 1.86. The van der Waals surface area contributed by atoms with Gasteiger partial charge in [-0.1, -0.05) is 11.2 Å². The van der Waals surface area contributed by atoms with Crippen LogP contribution in [0.5, 0.6) is 0 Å². The molecule has 0 atom stereocenters. The SMILES string of the molecule is CN(C)Cc1c(C(=O)Nc2nn[nH]n2)nc2ccccn12. The van der Waals surface area contributed by atoms with E-state index in [0.717, 1.165) is 5.69 Å². The highest BCUT2D eigenvalue weighted by molar-refractivity contribution is 6.03. The van der Waals surface area contributed by atoms with Gasteiger partial charge in [0.1, 0.15) is 5.65 Å². The Labute approximate surface area is 120 Å². The van der Waals surface area contributed by atoms with E-state index in [0.29, 0.717) is 17.9 Å². The van der Waals surface area contributed by atoms with E-state index in [4.69, 9.17) is 0 Å². The fraction of sp³-hybridized carbons (Fsp3) is 0.250. The lowest BCUT2D eigenvalue weighted by Gasteiger charge is -2.10. The number of carbonyl (C=O) groups excluding carboxylic acids is 1. The molecule has 0 unspecified atom stereocenters. The van der Waals surface area contributed by atoms with E-state index in [9.17, 15) is 4.79 Å². The normalized spacial score (nSPS) is 11.2. The van der Waals surface area contributed by atoms with Crippen molar-refractivity contribution >= 4 is 17.5 Å². The number of nitrogens with zero attached hydrogens (tertiary/aromatic N) is 6. The fourth-order valence-corrected chi connectivity index (χ4v) is 2.05. The molecule has 0 bridgehead atoms. The van der Waals surface area contributed by atoms with Crippen LogP contribution in [0.25, 0.3) is 5.65 Å². The highest BCUT2D eigenvalue weighted by Gasteiger charge is 2.20. The Morgan fingerprint density at radius 3 is 3.00 bits per heavy atom. The van der Waals surface area contributed by atoms with Crippen LogP contribution in [0.4, 0.5) is 5.95 Å². The Morgan fingerprint density at radius 2 is 2.29 bits per heavy atom. The van der Waals surface area contributed by atoms with Gasteiger partial charge in [0.2, 0.25) is 0 Å². The predicted molar refractivity (Wildman–Crippen MR) is 74.7 cm³/mol. The molecule has 0 saturated carbocycles. The van der Waals surface area contributed by atoms with Crippen molar-refractivity contribution in [2.45, 2.75) is 6.54 Å². The topological polar surface area (TPSA) is 104 Å². The fourth-order valence-electron chi connectivity index (χ4n) is 2.05. The second-order valence-corrected chi connectivity index (χ2v) is 4.76. The predicted octanol–water partition coefficient (Wildman–Crippen LogP) is 0.161. The molecule has 3 heterocycles. The first-order valence-electron chi connectivity index (χ1n) is 6.30. The van der Waals surface area contributed by atoms with Crippen LogP contribution in [0.1, 0.15) is 16.2 Å². The molecular weight excluding hydrogens is 272 g/mol. The number of nitrogens with one attached hydrogen (secondary N) is 2. The molecule has 0 aliphatic carbocycles. The average molecular weight is 286 g/mol. The van der Waals surface area contributed by atoms with Gasteiger partial charge in [-0.15, -0.1) is 5.10 Å². The lowest BCUT2D eigenvalue weighted by molar-refractivity contribution is 0.102. The molecule has 0 fully saturated rings. The second-order valence-electron chi connectivity index (χ2n) is 4.76. The first kappa shape index (κ1) is 13.2. The molecule has 3 aromatic rings. The minimum Gasteiger partial charge on any atom is -0.304 e. The minimum absolute atomic E-state index is 0.118. The molecule has 2 N–H and O–H groups in total. The zero-order valence-corrected chi connectivity index (χ0v) is 11.6. The van der Waals surface area contributed by atoms with Gasteiger partial charge in [-0.25, -0.2) is 4.98 Å². The number of rotatable bonds is 4. The van der Waals surface area contributed by atoms with Crippen LogP contribution in [-0.4, -0.2) is 54.9 Å². The molecular formula is C12H14N8O. The Morgan fingerprint density at radius 1 is 1.43 bits per heavy atom. The first-order chi connectivity index (χ1) is 10.1. The highest BCUT2D eigenvalue weighted by Crippen LogP contribution is 2.15. The van der Waals surface area contributed by atoms with Crippen LogP contribution in [0, 0.1) is 0 Å². The summed E-state index contributed by atoms with van der Waals surface area (Å²) in [7, 11) is 3.87. The summed E-state index contributed by atoms with van der Waals surface area (Å²) in [6.45, 7) is 0.584. The van der Waals surface area contributed by atoms with Gasteiger partial charge in [-0.3, -0.25) is 10.1 Å². The molecule has 1 amide bonds. The number of hydrogen-bond acceptors (Lipinski definition) is 6. The van der Waals surface area contributed by atoms with Crippen molar-refractivity contribution in [2.24, 2.45) is 0 Å². The summed E-state index contributed by atoms with van der Waals surface area (Å²) in [5.74, 6) is -0.246. The molecule has 0 saturated heterocycles. The van der Waals surface area contributed by atoms with Crippen LogP contribution < -0.4 is 5.32 Å². The van der Waals surface area contributed by atoms with Crippen molar-refractivity contribution in [2.75, 3.05) is 19.4 Å². The summed E-state index contributed by atoms with van der Waals surface area (Å²) in [6.07, 6.45) is 1.88. The Kier molecular flexibility index (Phi) is 3.32. The van der Waals surface area contributed by atoms with Gasteiger partial charge in [0.15, 0.2) is 5.69 Å². The zero-order chi connectivity index (χ0) is 14.8. The number of anilines is 1. The molecule has 0 aromatic carbocycles. The van der Waals surface area contributed by atoms with E-state index in [1.807, 2.05) is 47.8 Å². The molecule has 0 aliphatic heterocycles. The monoisotopic (exact) mass is 286 g/mol. The van der Waals surface area contributed by atoms with E-state index < -0.39 is 0 Å². The summed E-state index contributed by atoms with van der Waals surface area (Å²) in [5, 5.41) is 15.6. The Balaban J connectivity index is 2.01. The smallest absolute Gasteiger partial charge is 0.278 e. The van der Waals surface area contributed by atoms with Gasteiger partial charge in [0, 0.05) is 12.7 Å². The molecule has 3 aromatic heterocycles. The van der Waals surface area contributed by atoms with Crippen molar-refractivity contribution in [3.05, 3.63) is 35.8 Å². The zero-order valence-electron chi connectivity index (χ0n) is 11.6. The maximum Gasteiger partial charge on any atom is 0.278 e. The van der Waals surface area contributed by atoms with Crippen LogP contribution in [0.2, 0.25) is 0 Å². The number of fused-ring (bicyclic) bond motifs is 1. The average Bonchev–Trinajstić information content (AvgIpc) is 3.07. The van der Waals surface area contributed by atoms with Crippen molar-refractivity contribution in [1.29, 1.82) is 0 Å². The van der Waals surface area contributed by atoms with E-state index in [1.165, 1.54) is 0 Å². The van der Waals surface area contributed by atoms with E-state index in [2.05, 4.69) is 30.9 Å². The van der Waals surface area contributed by atoms with Crippen molar-refractivity contribution < 1.29 is 4.79 Å². The molecule has 108 valence electrons. The minimum atomic E-state index is -0.364. The summed E-state index contributed by atoms with van der Waals surface area (Å²) in [4.78, 5) is 18.7. The van der Waals surface area contributed by atoms with Crippen LogP contribution in [0.15, 0.2) is 24.4 Å². The third-order valence-electron chi connectivity index (χ3n) is 2.88. The van der Waals surface area contributed by atoms with E-state index in [-0.39, 0.29) is 11.9 Å². The maximum absolute atomic E-state index is 12.4. The van der Waals surface area contributed by atoms with Crippen LogP contribution in [0.3, 0.4) is 0 Å². The lowest BCUT2D eigenvalue weighted by Crippen LogP contribution is -2.19. The number of pyridine rings is 1. The number of H-pyrrole nitrogens is 1. The number of hydrogen-bond donors (Lipinski definition) is 2.